The lowest BCUT2D eigenvalue weighted by molar-refractivity contribution is 0.0657. The molecule has 8 heteroatoms. The first kappa shape index (κ1) is 24.0. The summed E-state index contributed by atoms with van der Waals surface area (Å²) < 4.78 is 10.4. The van der Waals surface area contributed by atoms with Crippen molar-refractivity contribution in [2.75, 3.05) is 46.4 Å². The molecule has 2 aromatic rings. The summed E-state index contributed by atoms with van der Waals surface area (Å²) in [6.45, 7) is 6.51. The van der Waals surface area contributed by atoms with E-state index in [1.54, 1.807) is 19.2 Å². The van der Waals surface area contributed by atoms with Crippen LogP contribution in [-0.2, 0) is 6.42 Å². The van der Waals surface area contributed by atoms with Crippen molar-refractivity contribution in [3.8, 4) is 5.75 Å². The van der Waals surface area contributed by atoms with Crippen LogP contribution in [0.15, 0.2) is 52.1 Å². The van der Waals surface area contributed by atoms with E-state index >= 15 is 0 Å². The number of benzene rings is 1. The molecule has 164 valence electrons. The Kier molecular flexibility index (Phi) is 9.99. The van der Waals surface area contributed by atoms with Gasteiger partial charge in [-0.15, -0.1) is 24.0 Å². The van der Waals surface area contributed by atoms with E-state index in [1.165, 1.54) is 11.8 Å². The third-order valence-corrected chi connectivity index (χ3v) is 4.98. The van der Waals surface area contributed by atoms with Gasteiger partial charge in [0, 0.05) is 39.3 Å². The summed E-state index contributed by atoms with van der Waals surface area (Å²) >= 11 is 0. The number of carbonyl (C=O) groups is 1. The number of nitrogens with one attached hydrogen (secondary N) is 1. The number of hydrogen-bond acceptors (Lipinski definition) is 4. The number of carbonyl (C=O) groups excluding carboxylic acids is 1. The summed E-state index contributed by atoms with van der Waals surface area (Å²) in [5, 5.41) is 3.38. The number of rotatable bonds is 7. The number of ether oxygens (including phenoxy) is 1. The third-order valence-electron chi connectivity index (χ3n) is 4.98. The van der Waals surface area contributed by atoms with Gasteiger partial charge in [0.05, 0.1) is 13.4 Å². The van der Waals surface area contributed by atoms with Crippen molar-refractivity contribution >= 4 is 35.8 Å². The first-order valence-corrected chi connectivity index (χ1v) is 10.2. The number of halogens is 1. The predicted molar refractivity (Wildman–Crippen MR) is 129 cm³/mol. The van der Waals surface area contributed by atoms with Crippen LogP contribution >= 0.6 is 24.0 Å². The lowest BCUT2D eigenvalue weighted by Gasteiger charge is -2.36. The van der Waals surface area contributed by atoms with Gasteiger partial charge >= 0.3 is 0 Å². The van der Waals surface area contributed by atoms with E-state index in [2.05, 4.69) is 29.3 Å². The molecule has 0 saturated carbocycles. The highest BCUT2D eigenvalue weighted by Gasteiger charge is 2.25. The van der Waals surface area contributed by atoms with Gasteiger partial charge in [0.1, 0.15) is 5.75 Å². The second-order valence-corrected chi connectivity index (χ2v) is 6.94. The molecule has 2 heterocycles. The van der Waals surface area contributed by atoms with E-state index in [0.29, 0.717) is 18.8 Å². The molecule has 0 bridgehead atoms. The highest BCUT2D eigenvalue weighted by atomic mass is 127. The second-order valence-electron chi connectivity index (χ2n) is 6.94. The zero-order chi connectivity index (χ0) is 20.5. The van der Waals surface area contributed by atoms with Crippen LogP contribution in [0.2, 0.25) is 0 Å². The summed E-state index contributed by atoms with van der Waals surface area (Å²) in [4.78, 5) is 21.3. The van der Waals surface area contributed by atoms with Crippen LogP contribution in [0.5, 0.6) is 5.75 Å². The van der Waals surface area contributed by atoms with Crippen molar-refractivity contribution in [1.82, 2.24) is 15.1 Å². The fourth-order valence-corrected chi connectivity index (χ4v) is 3.36. The molecule has 7 nitrogen and oxygen atoms in total. The number of aryl methyl sites for hydroxylation is 1. The summed E-state index contributed by atoms with van der Waals surface area (Å²) in [6.07, 6.45) is 3.50. The van der Waals surface area contributed by atoms with Crippen molar-refractivity contribution in [2.45, 2.75) is 19.8 Å². The lowest BCUT2D eigenvalue weighted by Crippen LogP contribution is -2.53. The van der Waals surface area contributed by atoms with E-state index in [4.69, 9.17) is 14.1 Å². The summed E-state index contributed by atoms with van der Waals surface area (Å²) in [7, 11) is 1.68. The molecule has 0 unspecified atom stereocenters. The van der Waals surface area contributed by atoms with E-state index < -0.39 is 0 Å². The Balaban J connectivity index is 0.00000320. The van der Waals surface area contributed by atoms with Crippen LogP contribution in [-0.4, -0.2) is 68.0 Å². The molecule has 0 aliphatic carbocycles. The summed E-state index contributed by atoms with van der Waals surface area (Å²) in [5.41, 5.74) is 1.29. The largest absolute Gasteiger partial charge is 0.497 e. The van der Waals surface area contributed by atoms with E-state index in [0.717, 1.165) is 50.7 Å². The van der Waals surface area contributed by atoms with Gasteiger partial charge in [-0.25, -0.2) is 0 Å². The van der Waals surface area contributed by atoms with Crippen LogP contribution in [0.3, 0.4) is 0 Å². The van der Waals surface area contributed by atoms with Crippen LogP contribution < -0.4 is 10.1 Å². The van der Waals surface area contributed by atoms with Gasteiger partial charge in [0.25, 0.3) is 5.91 Å². The van der Waals surface area contributed by atoms with Crippen LogP contribution in [0.4, 0.5) is 0 Å². The highest BCUT2D eigenvalue weighted by Crippen LogP contribution is 2.13. The van der Waals surface area contributed by atoms with Crippen molar-refractivity contribution < 1.29 is 13.9 Å². The number of amides is 1. The second kappa shape index (κ2) is 12.5. The van der Waals surface area contributed by atoms with Crippen molar-refractivity contribution in [2.24, 2.45) is 4.99 Å². The molecule has 1 aromatic carbocycles. The standard InChI is InChI=1S/C22H30N4O3.HI/c1-3-23-22(24-12-4-6-18-8-10-19(28-2)11-9-18)26-15-13-25(14-16-26)21(27)20-7-5-17-29-20;/h5,7-11,17H,3-4,6,12-16H2,1-2H3,(H,23,24);1H. The Bertz CT molecular complexity index is 785. The molecule has 1 amide bonds. The van der Waals surface area contributed by atoms with Crippen molar-refractivity contribution in [3.63, 3.8) is 0 Å². The minimum atomic E-state index is -0.0453. The minimum absolute atomic E-state index is 0. The third kappa shape index (κ3) is 6.65. The monoisotopic (exact) mass is 526 g/mol. The minimum Gasteiger partial charge on any atom is -0.497 e. The molecule has 1 aromatic heterocycles. The first-order valence-electron chi connectivity index (χ1n) is 10.2. The predicted octanol–water partition coefficient (Wildman–Crippen LogP) is 3.26. The number of methoxy groups -OCH3 is 1. The summed E-state index contributed by atoms with van der Waals surface area (Å²) in [6, 6.07) is 11.6. The molecule has 1 aliphatic heterocycles. The smallest absolute Gasteiger partial charge is 0.289 e. The molecular weight excluding hydrogens is 495 g/mol. The van der Waals surface area contributed by atoms with Gasteiger partial charge in [0.2, 0.25) is 0 Å². The lowest BCUT2D eigenvalue weighted by atomic mass is 10.1. The average molecular weight is 526 g/mol. The Labute approximate surface area is 195 Å². The normalized spacial score (nSPS) is 14.3. The highest BCUT2D eigenvalue weighted by molar-refractivity contribution is 14.0. The molecule has 1 saturated heterocycles. The maximum absolute atomic E-state index is 12.4. The van der Waals surface area contributed by atoms with Crippen LogP contribution in [0, 0.1) is 0 Å². The molecule has 1 aliphatic rings. The number of piperazine rings is 1. The van der Waals surface area contributed by atoms with Gasteiger partial charge in [-0.1, -0.05) is 12.1 Å². The number of aliphatic imine (C=N–C) groups is 1. The molecule has 3 rings (SSSR count). The van der Waals surface area contributed by atoms with E-state index in [9.17, 15) is 4.79 Å². The molecule has 1 fully saturated rings. The van der Waals surface area contributed by atoms with Gasteiger partial charge in [-0.3, -0.25) is 9.79 Å². The average Bonchev–Trinajstić information content (AvgIpc) is 3.31. The van der Waals surface area contributed by atoms with Crippen molar-refractivity contribution in [1.29, 1.82) is 0 Å². The molecule has 0 atom stereocenters. The zero-order valence-electron chi connectivity index (χ0n) is 17.7. The van der Waals surface area contributed by atoms with Gasteiger partial charge in [0.15, 0.2) is 11.7 Å². The Morgan fingerprint density at radius 1 is 1.13 bits per heavy atom. The fourth-order valence-electron chi connectivity index (χ4n) is 3.36. The number of hydrogen-bond donors (Lipinski definition) is 1. The number of furan rings is 1. The Morgan fingerprint density at radius 2 is 1.83 bits per heavy atom. The van der Waals surface area contributed by atoms with Crippen molar-refractivity contribution in [3.05, 3.63) is 54.0 Å². The first-order chi connectivity index (χ1) is 14.2. The number of nitrogens with zero attached hydrogens (tertiary/aromatic N) is 3. The molecule has 0 radical (unpaired) electrons. The quantitative estimate of drug-likeness (QED) is 0.260. The maximum atomic E-state index is 12.4. The number of guanidine groups is 1. The maximum Gasteiger partial charge on any atom is 0.289 e. The topological polar surface area (TPSA) is 70.3 Å². The molecule has 30 heavy (non-hydrogen) atoms. The van der Waals surface area contributed by atoms with E-state index in [-0.39, 0.29) is 29.9 Å². The summed E-state index contributed by atoms with van der Waals surface area (Å²) in [5.74, 6) is 2.16. The zero-order valence-corrected chi connectivity index (χ0v) is 20.0. The fraction of sp³-hybridized carbons (Fsp3) is 0.455. The Hall–Kier alpha value is -2.23. The van der Waals surface area contributed by atoms with Crippen LogP contribution in [0.25, 0.3) is 0 Å². The van der Waals surface area contributed by atoms with Gasteiger partial charge < -0.3 is 24.3 Å². The molecular formula is C22H31IN4O3. The SMILES string of the molecule is CCNC(=NCCCc1ccc(OC)cc1)N1CCN(C(=O)c2ccco2)CC1.I. The molecule has 1 N–H and O–H groups in total. The Morgan fingerprint density at radius 3 is 2.43 bits per heavy atom. The van der Waals surface area contributed by atoms with E-state index in [1.807, 2.05) is 17.0 Å². The molecule has 0 spiro atoms. The van der Waals surface area contributed by atoms with Crippen LogP contribution in [0.1, 0.15) is 29.5 Å². The van der Waals surface area contributed by atoms with Gasteiger partial charge in [-0.2, -0.15) is 0 Å². The van der Waals surface area contributed by atoms with Gasteiger partial charge in [-0.05, 0) is 49.6 Å².